The minimum Gasteiger partial charge on any atom is -0.381 e. The highest BCUT2D eigenvalue weighted by molar-refractivity contribution is 5.79. The molecule has 4 heterocycles. The number of ether oxygens (including phenoxy) is 1. The minimum absolute atomic E-state index is 0.124. The molecule has 0 unspecified atom stereocenters. The first-order valence-electron chi connectivity index (χ1n) is 10.0. The Morgan fingerprint density at radius 3 is 2.32 bits per heavy atom. The van der Waals surface area contributed by atoms with Gasteiger partial charge in [0.25, 0.3) is 0 Å². The van der Waals surface area contributed by atoms with E-state index < -0.39 is 0 Å². The fourth-order valence-corrected chi connectivity index (χ4v) is 4.03. The lowest BCUT2D eigenvalue weighted by molar-refractivity contribution is -0.138. The summed E-state index contributed by atoms with van der Waals surface area (Å²) in [5.41, 5.74) is 2.02. The predicted octanol–water partition coefficient (Wildman–Crippen LogP) is 1.66. The monoisotopic (exact) mass is 384 g/mol. The van der Waals surface area contributed by atoms with E-state index in [0.29, 0.717) is 13.2 Å². The van der Waals surface area contributed by atoms with Crippen molar-refractivity contribution < 1.29 is 9.53 Å². The van der Waals surface area contributed by atoms with Gasteiger partial charge in [-0.3, -0.25) is 4.79 Å². The topological polar surface area (TPSA) is 76.4 Å². The Kier molecular flexibility index (Phi) is 5.30. The SMILES string of the molecule is Cc1cc(C)n(-c2cc(N3CCN(C(=O)C4CCOCC4)CC3)nc(C)n2)n1. The zero-order valence-electron chi connectivity index (χ0n) is 16.9. The van der Waals surface area contributed by atoms with Crippen LogP contribution in [0.25, 0.3) is 5.82 Å². The molecule has 8 heteroatoms. The van der Waals surface area contributed by atoms with Crippen molar-refractivity contribution >= 4 is 11.7 Å². The molecule has 2 aliphatic rings. The third kappa shape index (κ3) is 3.87. The Balaban J connectivity index is 1.46. The molecule has 0 aliphatic carbocycles. The number of anilines is 1. The van der Waals surface area contributed by atoms with Crippen LogP contribution in [0.5, 0.6) is 0 Å². The number of rotatable bonds is 3. The highest BCUT2D eigenvalue weighted by atomic mass is 16.5. The second-order valence-electron chi connectivity index (χ2n) is 7.67. The summed E-state index contributed by atoms with van der Waals surface area (Å²) in [7, 11) is 0. The van der Waals surface area contributed by atoms with E-state index in [-0.39, 0.29) is 11.8 Å². The summed E-state index contributed by atoms with van der Waals surface area (Å²) >= 11 is 0. The van der Waals surface area contributed by atoms with E-state index in [0.717, 1.165) is 67.9 Å². The number of aryl methyl sites for hydroxylation is 3. The van der Waals surface area contributed by atoms with Crippen LogP contribution in [0.1, 0.15) is 30.1 Å². The van der Waals surface area contributed by atoms with Gasteiger partial charge >= 0.3 is 0 Å². The predicted molar refractivity (Wildman–Crippen MR) is 106 cm³/mol. The van der Waals surface area contributed by atoms with Gasteiger partial charge in [0.2, 0.25) is 5.91 Å². The Morgan fingerprint density at radius 2 is 1.68 bits per heavy atom. The van der Waals surface area contributed by atoms with Gasteiger partial charge in [-0.2, -0.15) is 5.10 Å². The molecule has 0 atom stereocenters. The first-order valence-corrected chi connectivity index (χ1v) is 10.0. The van der Waals surface area contributed by atoms with Gasteiger partial charge in [0, 0.05) is 57.1 Å². The maximum Gasteiger partial charge on any atom is 0.225 e. The second kappa shape index (κ2) is 7.87. The third-order valence-corrected chi connectivity index (χ3v) is 5.52. The van der Waals surface area contributed by atoms with Crippen molar-refractivity contribution in [3.8, 4) is 5.82 Å². The van der Waals surface area contributed by atoms with Gasteiger partial charge in [0.1, 0.15) is 11.6 Å². The molecule has 150 valence electrons. The first kappa shape index (κ1) is 18.9. The van der Waals surface area contributed by atoms with Crippen LogP contribution in [0.3, 0.4) is 0 Å². The van der Waals surface area contributed by atoms with Crippen LogP contribution in [-0.2, 0) is 9.53 Å². The number of hydrogen-bond acceptors (Lipinski definition) is 6. The molecule has 0 radical (unpaired) electrons. The average molecular weight is 384 g/mol. The van der Waals surface area contributed by atoms with Gasteiger partial charge in [0.15, 0.2) is 5.82 Å². The lowest BCUT2D eigenvalue weighted by Crippen LogP contribution is -2.51. The normalized spacial score (nSPS) is 18.5. The van der Waals surface area contributed by atoms with Crippen molar-refractivity contribution in [1.29, 1.82) is 0 Å². The minimum atomic E-state index is 0.124. The first-order chi connectivity index (χ1) is 13.5. The van der Waals surface area contributed by atoms with E-state index in [9.17, 15) is 4.79 Å². The average Bonchev–Trinajstić information content (AvgIpc) is 3.06. The van der Waals surface area contributed by atoms with Gasteiger partial charge in [-0.15, -0.1) is 0 Å². The molecule has 4 rings (SSSR count). The lowest BCUT2D eigenvalue weighted by Gasteiger charge is -2.37. The van der Waals surface area contributed by atoms with Crippen molar-refractivity contribution in [2.45, 2.75) is 33.6 Å². The van der Waals surface area contributed by atoms with Crippen LogP contribution in [0.4, 0.5) is 5.82 Å². The standard InChI is InChI=1S/C20H28N6O2/c1-14-12-15(2)26(23-14)19-13-18(21-16(3)22-19)24-6-8-25(9-7-24)20(27)17-4-10-28-11-5-17/h12-13,17H,4-11H2,1-3H3. The Hall–Kier alpha value is -2.48. The lowest BCUT2D eigenvalue weighted by atomic mass is 9.98. The molecule has 2 aliphatic heterocycles. The van der Waals surface area contributed by atoms with Gasteiger partial charge < -0.3 is 14.5 Å². The third-order valence-electron chi connectivity index (χ3n) is 5.52. The number of hydrogen-bond donors (Lipinski definition) is 0. The van der Waals surface area contributed by atoms with Crippen LogP contribution in [-0.4, -0.2) is 69.9 Å². The maximum absolute atomic E-state index is 12.7. The Labute approximate surface area is 165 Å². The van der Waals surface area contributed by atoms with E-state index >= 15 is 0 Å². The van der Waals surface area contributed by atoms with Crippen molar-refractivity contribution in [3.05, 3.63) is 29.3 Å². The van der Waals surface area contributed by atoms with E-state index in [1.165, 1.54) is 0 Å². The highest BCUT2D eigenvalue weighted by Crippen LogP contribution is 2.22. The van der Waals surface area contributed by atoms with Gasteiger partial charge in [0.05, 0.1) is 5.69 Å². The number of carbonyl (C=O) groups is 1. The van der Waals surface area contributed by atoms with E-state index in [1.807, 2.05) is 42.5 Å². The van der Waals surface area contributed by atoms with Crippen LogP contribution < -0.4 is 4.90 Å². The fraction of sp³-hybridized carbons (Fsp3) is 0.600. The summed E-state index contributed by atoms with van der Waals surface area (Å²) in [5, 5.41) is 4.54. The van der Waals surface area contributed by atoms with Crippen LogP contribution in [0, 0.1) is 26.7 Å². The van der Waals surface area contributed by atoms with Crippen molar-refractivity contribution in [2.75, 3.05) is 44.3 Å². The maximum atomic E-state index is 12.7. The van der Waals surface area contributed by atoms with E-state index in [2.05, 4.69) is 20.0 Å². The van der Waals surface area contributed by atoms with Gasteiger partial charge in [-0.25, -0.2) is 14.6 Å². The van der Waals surface area contributed by atoms with Crippen molar-refractivity contribution in [1.82, 2.24) is 24.6 Å². The molecule has 0 aromatic carbocycles. The highest BCUT2D eigenvalue weighted by Gasteiger charge is 2.29. The molecule has 1 amide bonds. The number of aromatic nitrogens is 4. The Bertz CT molecular complexity index is 850. The van der Waals surface area contributed by atoms with Crippen LogP contribution in [0.2, 0.25) is 0 Å². The van der Waals surface area contributed by atoms with Crippen molar-refractivity contribution in [3.63, 3.8) is 0 Å². The molecular weight excluding hydrogens is 356 g/mol. The number of amides is 1. The molecule has 0 spiro atoms. The summed E-state index contributed by atoms with van der Waals surface area (Å²) < 4.78 is 7.24. The number of nitrogens with zero attached hydrogens (tertiary/aromatic N) is 6. The number of carbonyl (C=O) groups excluding carboxylic acids is 1. The summed E-state index contributed by atoms with van der Waals surface area (Å²) in [6, 6.07) is 4.03. The van der Waals surface area contributed by atoms with Gasteiger partial charge in [-0.05, 0) is 39.7 Å². The molecule has 2 fully saturated rings. The molecule has 2 saturated heterocycles. The quantitative estimate of drug-likeness (QED) is 0.801. The smallest absolute Gasteiger partial charge is 0.225 e. The summed E-state index contributed by atoms with van der Waals surface area (Å²) in [6.45, 7) is 10.3. The van der Waals surface area contributed by atoms with E-state index in [4.69, 9.17) is 4.74 Å². The summed E-state index contributed by atoms with van der Waals surface area (Å²) in [6.07, 6.45) is 1.69. The Morgan fingerprint density at radius 1 is 1.00 bits per heavy atom. The zero-order valence-corrected chi connectivity index (χ0v) is 16.9. The number of piperazine rings is 1. The molecular formula is C20H28N6O2. The largest absolute Gasteiger partial charge is 0.381 e. The molecule has 8 nitrogen and oxygen atoms in total. The summed E-state index contributed by atoms with van der Waals surface area (Å²) in [4.78, 5) is 26.2. The second-order valence-corrected chi connectivity index (χ2v) is 7.67. The van der Waals surface area contributed by atoms with Gasteiger partial charge in [-0.1, -0.05) is 0 Å². The van der Waals surface area contributed by atoms with Crippen molar-refractivity contribution in [2.24, 2.45) is 5.92 Å². The molecule has 0 N–H and O–H groups in total. The molecule has 0 bridgehead atoms. The molecule has 2 aromatic heterocycles. The summed E-state index contributed by atoms with van der Waals surface area (Å²) in [5.74, 6) is 2.81. The van der Waals surface area contributed by atoms with Crippen LogP contribution in [0.15, 0.2) is 12.1 Å². The fourth-order valence-electron chi connectivity index (χ4n) is 4.03. The van der Waals surface area contributed by atoms with E-state index in [1.54, 1.807) is 0 Å². The molecule has 0 saturated carbocycles. The molecule has 2 aromatic rings. The zero-order chi connectivity index (χ0) is 19.7. The molecule has 28 heavy (non-hydrogen) atoms. The van der Waals surface area contributed by atoms with Crippen LogP contribution >= 0.6 is 0 Å².